The second-order valence-corrected chi connectivity index (χ2v) is 6.76. The first-order valence-corrected chi connectivity index (χ1v) is 8.83. The molecule has 0 spiro atoms. The number of amides is 1. The Morgan fingerprint density at radius 1 is 1.19 bits per heavy atom. The monoisotopic (exact) mass is 365 g/mol. The van der Waals surface area contributed by atoms with Gasteiger partial charge in [0.15, 0.2) is 0 Å². The van der Waals surface area contributed by atoms with E-state index in [1.807, 2.05) is 24.4 Å². The molecule has 1 aliphatic rings. The maximum absolute atomic E-state index is 12.6. The highest BCUT2D eigenvalue weighted by Crippen LogP contribution is 2.28. The summed E-state index contributed by atoms with van der Waals surface area (Å²) in [6, 6.07) is 7.04. The van der Waals surface area contributed by atoms with Crippen molar-refractivity contribution in [3.63, 3.8) is 0 Å². The number of piperidine rings is 1. The van der Waals surface area contributed by atoms with Gasteiger partial charge >= 0.3 is 5.69 Å². The van der Waals surface area contributed by atoms with E-state index >= 15 is 0 Å². The van der Waals surface area contributed by atoms with E-state index in [9.17, 15) is 14.4 Å². The molecule has 0 saturated carbocycles. The molecule has 1 N–H and O–H groups in total. The topological polar surface area (TPSA) is 101 Å². The minimum Gasteiger partial charge on any atom is -0.337 e. The van der Waals surface area contributed by atoms with Crippen molar-refractivity contribution in [2.75, 3.05) is 13.1 Å². The number of carbonyl (C=O) groups is 1. The highest BCUT2D eigenvalue weighted by Gasteiger charge is 2.26. The van der Waals surface area contributed by atoms with Gasteiger partial charge in [0.2, 0.25) is 0 Å². The van der Waals surface area contributed by atoms with Crippen LogP contribution >= 0.6 is 0 Å². The summed E-state index contributed by atoms with van der Waals surface area (Å²) in [6.45, 7) is 1.09. The number of fused-ring (bicyclic) bond motifs is 1. The molecule has 3 aromatic rings. The van der Waals surface area contributed by atoms with E-state index in [1.54, 1.807) is 11.1 Å². The molecule has 0 radical (unpaired) electrons. The minimum atomic E-state index is -0.589. The first-order valence-electron chi connectivity index (χ1n) is 8.83. The minimum absolute atomic E-state index is 0.0366. The van der Waals surface area contributed by atoms with Crippen molar-refractivity contribution in [2.45, 2.75) is 18.8 Å². The predicted molar refractivity (Wildman–Crippen MR) is 99.7 cm³/mol. The van der Waals surface area contributed by atoms with Gasteiger partial charge < -0.3 is 9.88 Å². The van der Waals surface area contributed by atoms with E-state index in [0.717, 1.165) is 34.0 Å². The van der Waals surface area contributed by atoms with Crippen molar-refractivity contribution in [1.82, 2.24) is 24.4 Å². The molecule has 4 heterocycles. The highest BCUT2D eigenvalue weighted by atomic mass is 16.2. The van der Waals surface area contributed by atoms with Crippen molar-refractivity contribution in [3.8, 4) is 0 Å². The van der Waals surface area contributed by atoms with E-state index in [2.05, 4.69) is 15.0 Å². The quantitative estimate of drug-likeness (QED) is 0.731. The van der Waals surface area contributed by atoms with Crippen LogP contribution < -0.4 is 11.2 Å². The molecule has 1 amide bonds. The third-order valence-electron chi connectivity index (χ3n) is 5.08. The van der Waals surface area contributed by atoms with E-state index in [-0.39, 0.29) is 17.5 Å². The van der Waals surface area contributed by atoms with Gasteiger partial charge in [0.1, 0.15) is 5.69 Å². The molecule has 0 aromatic carbocycles. The van der Waals surface area contributed by atoms with E-state index < -0.39 is 11.2 Å². The van der Waals surface area contributed by atoms with Gasteiger partial charge in [0.05, 0.1) is 5.52 Å². The van der Waals surface area contributed by atoms with Gasteiger partial charge in [-0.05, 0) is 31.0 Å². The molecule has 8 nitrogen and oxygen atoms in total. The Bertz CT molecular complexity index is 1090. The van der Waals surface area contributed by atoms with E-state index in [4.69, 9.17) is 0 Å². The zero-order chi connectivity index (χ0) is 19.0. The number of hydrogen-bond acceptors (Lipinski definition) is 5. The van der Waals surface area contributed by atoms with Crippen LogP contribution in [0.2, 0.25) is 0 Å². The lowest BCUT2D eigenvalue weighted by Crippen LogP contribution is -2.41. The molecule has 1 fully saturated rings. The summed E-state index contributed by atoms with van der Waals surface area (Å²) in [5.74, 6) is -0.0699. The maximum atomic E-state index is 12.6. The van der Waals surface area contributed by atoms with Crippen LogP contribution in [0.5, 0.6) is 0 Å². The molecule has 4 rings (SSSR count). The second kappa shape index (κ2) is 6.79. The Labute approximate surface area is 154 Å². The lowest BCUT2D eigenvalue weighted by molar-refractivity contribution is 0.0705. The first-order chi connectivity index (χ1) is 13.0. The molecule has 1 saturated heterocycles. The zero-order valence-corrected chi connectivity index (χ0v) is 14.9. The normalized spacial score (nSPS) is 15.2. The van der Waals surface area contributed by atoms with Crippen LogP contribution in [0.1, 0.15) is 34.9 Å². The fourth-order valence-corrected chi connectivity index (χ4v) is 3.42. The van der Waals surface area contributed by atoms with Crippen molar-refractivity contribution < 1.29 is 4.79 Å². The SMILES string of the molecule is Cn1c(=O)cc(C(=O)N2CCC(c3cc4ncccc4cn3)CC2)[nH]c1=O. The standard InChI is InChI=1S/C19H19N5O3/c1-23-17(25)10-16(22-19(23)27)18(26)24-7-4-12(5-8-24)14-9-15-13(11-21-14)3-2-6-20-15/h2-3,6,9-12H,4-5,7-8H2,1H3,(H,22,27). The zero-order valence-electron chi connectivity index (χ0n) is 14.9. The summed E-state index contributed by atoms with van der Waals surface area (Å²) in [5, 5.41) is 1.00. The number of rotatable bonds is 2. The summed E-state index contributed by atoms with van der Waals surface area (Å²) in [7, 11) is 1.37. The fraction of sp³-hybridized carbons (Fsp3) is 0.316. The van der Waals surface area contributed by atoms with E-state index in [0.29, 0.717) is 13.1 Å². The van der Waals surface area contributed by atoms with Crippen molar-refractivity contribution >= 4 is 16.8 Å². The van der Waals surface area contributed by atoms with Gasteiger partial charge in [-0.2, -0.15) is 0 Å². The third kappa shape index (κ3) is 3.25. The molecule has 0 aliphatic carbocycles. The number of likely N-dealkylation sites (tertiary alicyclic amines) is 1. The second-order valence-electron chi connectivity index (χ2n) is 6.76. The summed E-state index contributed by atoms with van der Waals surface area (Å²) in [4.78, 5) is 49.1. The third-order valence-corrected chi connectivity index (χ3v) is 5.08. The molecule has 27 heavy (non-hydrogen) atoms. The smallest absolute Gasteiger partial charge is 0.328 e. The molecule has 1 aliphatic heterocycles. The number of carbonyl (C=O) groups excluding carboxylic acids is 1. The van der Waals surface area contributed by atoms with Gasteiger partial charge in [-0.3, -0.25) is 24.1 Å². The number of hydrogen-bond donors (Lipinski definition) is 1. The number of pyridine rings is 2. The lowest BCUT2D eigenvalue weighted by Gasteiger charge is -2.31. The molecule has 138 valence electrons. The predicted octanol–water partition coefficient (Wildman–Crippen LogP) is 1.04. The van der Waals surface area contributed by atoms with Gasteiger partial charge in [0, 0.05) is 55.6 Å². The fourth-order valence-electron chi connectivity index (χ4n) is 3.42. The van der Waals surface area contributed by atoms with Crippen molar-refractivity contribution in [1.29, 1.82) is 0 Å². The Morgan fingerprint density at radius 3 is 2.70 bits per heavy atom. The molecule has 3 aromatic heterocycles. The number of nitrogens with zero attached hydrogens (tertiary/aromatic N) is 4. The van der Waals surface area contributed by atoms with Gasteiger partial charge in [-0.1, -0.05) is 0 Å². The van der Waals surface area contributed by atoms with Gasteiger partial charge in [-0.25, -0.2) is 4.79 Å². The summed E-state index contributed by atoms with van der Waals surface area (Å²) in [5.41, 5.74) is 0.849. The average molecular weight is 365 g/mol. The molecule has 0 unspecified atom stereocenters. The van der Waals surface area contributed by atoms with Gasteiger partial charge in [0.25, 0.3) is 11.5 Å². The lowest BCUT2D eigenvalue weighted by atomic mass is 9.92. The average Bonchev–Trinajstić information content (AvgIpc) is 2.71. The van der Waals surface area contributed by atoms with Gasteiger partial charge in [-0.15, -0.1) is 0 Å². The van der Waals surface area contributed by atoms with Crippen LogP contribution in [-0.2, 0) is 7.05 Å². The van der Waals surface area contributed by atoms with E-state index in [1.165, 1.54) is 13.1 Å². The summed E-state index contributed by atoms with van der Waals surface area (Å²) >= 11 is 0. The van der Waals surface area contributed by atoms with Crippen LogP contribution in [0, 0.1) is 0 Å². The summed E-state index contributed by atoms with van der Waals surface area (Å²) in [6.07, 6.45) is 5.14. The molecule has 0 atom stereocenters. The highest BCUT2D eigenvalue weighted by molar-refractivity contribution is 5.92. The molecular formula is C19H19N5O3. The molecule has 8 heteroatoms. The van der Waals surface area contributed by atoms with Crippen LogP contribution in [0.15, 0.2) is 46.2 Å². The number of aromatic amines is 1. The number of nitrogens with one attached hydrogen (secondary N) is 1. The van der Waals surface area contributed by atoms with Crippen molar-refractivity contribution in [3.05, 3.63) is 68.9 Å². The Kier molecular flexibility index (Phi) is 4.31. The Hall–Kier alpha value is -3.29. The Balaban J connectivity index is 1.49. The summed E-state index contributed by atoms with van der Waals surface area (Å²) < 4.78 is 0.933. The molecule has 0 bridgehead atoms. The van der Waals surface area contributed by atoms with Crippen LogP contribution in [0.3, 0.4) is 0 Å². The van der Waals surface area contributed by atoms with Crippen LogP contribution in [-0.4, -0.2) is 43.4 Å². The largest absolute Gasteiger partial charge is 0.337 e. The molecular weight excluding hydrogens is 346 g/mol. The number of H-pyrrole nitrogens is 1. The van der Waals surface area contributed by atoms with Crippen molar-refractivity contribution in [2.24, 2.45) is 7.05 Å². The van der Waals surface area contributed by atoms with Crippen LogP contribution in [0.4, 0.5) is 0 Å². The maximum Gasteiger partial charge on any atom is 0.328 e. The van der Waals surface area contributed by atoms with Crippen LogP contribution in [0.25, 0.3) is 10.9 Å². The Morgan fingerprint density at radius 2 is 1.96 bits per heavy atom. The number of aromatic nitrogens is 4. The first kappa shape index (κ1) is 17.1.